The summed E-state index contributed by atoms with van der Waals surface area (Å²) in [5, 5.41) is 2.78. The number of aryl methyl sites for hydroxylation is 2. The van der Waals surface area contributed by atoms with Crippen molar-refractivity contribution in [2.24, 2.45) is 0 Å². The maximum atomic E-state index is 12.7. The van der Waals surface area contributed by atoms with E-state index >= 15 is 0 Å². The third kappa shape index (κ3) is 4.54. The van der Waals surface area contributed by atoms with Gasteiger partial charge in [0.05, 0.1) is 19.1 Å². The summed E-state index contributed by atoms with van der Waals surface area (Å²) in [7, 11) is -2.18. The quantitative estimate of drug-likeness (QED) is 0.840. The van der Waals surface area contributed by atoms with Crippen molar-refractivity contribution in [1.82, 2.24) is 0 Å². The zero-order valence-electron chi connectivity index (χ0n) is 15.6. The van der Waals surface area contributed by atoms with Crippen LogP contribution in [0.2, 0.25) is 0 Å². The molecule has 2 aromatic carbocycles. The van der Waals surface area contributed by atoms with Crippen LogP contribution in [0.1, 0.15) is 18.1 Å². The molecule has 0 heterocycles. The van der Waals surface area contributed by atoms with Gasteiger partial charge in [0.2, 0.25) is 15.9 Å². The molecule has 1 amide bonds. The fraction of sp³-hybridized carbons (Fsp3) is 0.316. The van der Waals surface area contributed by atoms with Crippen molar-refractivity contribution in [1.29, 1.82) is 0 Å². The van der Waals surface area contributed by atoms with E-state index in [1.807, 2.05) is 26.0 Å². The molecule has 2 aromatic rings. The number of carbonyl (C=O) groups is 1. The van der Waals surface area contributed by atoms with Crippen molar-refractivity contribution in [2.75, 3.05) is 23.0 Å². The van der Waals surface area contributed by atoms with Gasteiger partial charge in [0, 0.05) is 11.8 Å². The Bertz CT molecular complexity index is 910. The highest BCUT2D eigenvalue weighted by Crippen LogP contribution is 2.26. The molecule has 1 atom stereocenters. The highest BCUT2D eigenvalue weighted by molar-refractivity contribution is 7.92. The van der Waals surface area contributed by atoms with Gasteiger partial charge in [-0.1, -0.05) is 12.1 Å². The average molecular weight is 376 g/mol. The number of rotatable bonds is 6. The monoisotopic (exact) mass is 376 g/mol. The summed E-state index contributed by atoms with van der Waals surface area (Å²) in [6.07, 6.45) is 1.08. The maximum Gasteiger partial charge on any atom is 0.247 e. The molecule has 2 rings (SSSR count). The van der Waals surface area contributed by atoms with Gasteiger partial charge in [0.25, 0.3) is 0 Å². The van der Waals surface area contributed by atoms with Gasteiger partial charge in [0.1, 0.15) is 11.8 Å². The van der Waals surface area contributed by atoms with Gasteiger partial charge < -0.3 is 10.1 Å². The van der Waals surface area contributed by atoms with Crippen LogP contribution in [-0.2, 0) is 14.8 Å². The highest BCUT2D eigenvalue weighted by Gasteiger charge is 2.29. The van der Waals surface area contributed by atoms with Crippen LogP contribution in [0, 0.1) is 13.8 Å². The lowest BCUT2D eigenvalue weighted by molar-refractivity contribution is -0.116. The minimum Gasteiger partial charge on any atom is -0.497 e. The van der Waals surface area contributed by atoms with Crippen molar-refractivity contribution in [3.8, 4) is 5.75 Å². The predicted molar refractivity (Wildman–Crippen MR) is 104 cm³/mol. The Kier molecular flexibility index (Phi) is 5.92. The highest BCUT2D eigenvalue weighted by atomic mass is 32.2. The van der Waals surface area contributed by atoms with E-state index in [-0.39, 0.29) is 0 Å². The van der Waals surface area contributed by atoms with E-state index in [9.17, 15) is 13.2 Å². The van der Waals surface area contributed by atoms with Gasteiger partial charge in [-0.3, -0.25) is 9.10 Å². The summed E-state index contributed by atoms with van der Waals surface area (Å²) in [6, 6.07) is 11.2. The molecular formula is C19H24N2O4S. The molecule has 0 aliphatic heterocycles. The van der Waals surface area contributed by atoms with Crippen LogP contribution < -0.4 is 14.4 Å². The second kappa shape index (κ2) is 7.78. The zero-order valence-corrected chi connectivity index (χ0v) is 16.4. The molecule has 140 valence electrons. The third-order valence-corrected chi connectivity index (χ3v) is 5.41. The molecule has 26 heavy (non-hydrogen) atoms. The summed E-state index contributed by atoms with van der Waals surface area (Å²) < 4.78 is 30.9. The van der Waals surface area contributed by atoms with Gasteiger partial charge >= 0.3 is 0 Å². The Morgan fingerprint density at radius 1 is 1.12 bits per heavy atom. The van der Waals surface area contributed by atoms with E-state index in [4.69, 9.17) is 4.74 Å². The van der Waals surface area contributed by atoms with Crippen LogP contribution in [0.15, 0.2) is 42.5 Å². The summed E-state index contributed by atoms with van der Waals surface area (Å²) in [5.41, 5.74) is 3.16. The fourth-order valence-electron chi connectivity index (χ4n) is 2.62. The molecular weight excluding hydrogens is 352 g/mol. The number of amides is 1. The van der Waals surface area contributed by atoms with Crippen molar-refractivity contribution in [3.05, 3.63) is 53.6 Å². The average Bonchev–Trinajstić information content (AvgIpc) is 2.57. The van der Waals surface area contributed by atoms with Gasteiger partial charge in [-0.05, 0) is 56.2 Å². The summed E-state index contributed by atoms with van der Waals surface area (Å²) >= 11 is 0. The summed E-state index contributed by atoms with van der Waals surface area (Å²) in [6.45, 7) is 5.49. The molecule has 6 nitrogen and oxygen atoms in total. The molecule has 0 fully saturated rings. The molecule has 0 aromatic heterocycles. The number of methoxy groups -OCH3 is 1. The lowest BCUT2D eigenvalue weighted by Gasteiger charge is -2.28. The first-order valence-corrected chi connectivity index (χ1v) is 10.00. The van der Waals surface area contributed by atoms with E-state index in [2.05, 4.69) is 5.32 Å². The molecule has 0 saturated carbocycles. The lowest BCUT2D eigenvalue weighted by Crippen LogP contribution is -2.45. The number of nitrogens with one attached hydrogen (secondary N) is 1. The van der Waals surface area contributed by atoms with E-state index in [1.165, 1.54) is 7.11 Å². The Hall–Kier alpha value is -2.54. The first kappa shape index (κ1) is 19.8. The molecule has 0 saturated heterocycles. The van der Waals surface area contributed by atoms with E-state index < -0.39 is 22.0 Å². The van der Waals surface area contributed by atoms with Crippen LogP contribution in [0.25, 0.3) is 0 Å². The number of carbonyl (C=O) groups excluding carboxylic acids is 1. The second-order valence-corrected chi connectivity index (χ2v) is 8.08. The molecule has 7 heteroatoms. The van der Waals surface area contributed by atoms with Gasteiger partial charge in [-0.15, -0.1) is 0 Å². The van der Waals surface area contributed by atoms with Gasteiger partial charge in [-0.25, -0.2) is 8.42 Å². The topological polar surface area (TPSA) is 75.7 Å². The number of sulfonamides is 1. The molecule has 0 aliphatic rings. The van der Waals surface area contributed by atoms with Crippen molar-refractivity contribution >= 4 is 27.3 Å². The summed E-state index contributed by atoms with van der Waals surface area (Å²) in [4.78, 5) is 12.7. The zero-order chi connectivity index (χ0) is 19.5. The Labute approximate surface area is 154 Å². The maximum absolute atomic E-state index is 12.7. The number of anilines is 2. The third-order valence-electron chi connectivity index (χ3n) is 4.17. The van der Waals surface area contributed by atoms with Crippen LogP contribution in [0.4, 0.5) is 11.4 Å². The largest absolute Gasteiger partial charge is 0.497 e. The van der Waals surface area contributed by atoms with Crippen molar-refractivity contribution < 1.29 is 17.9 Å². The normalized spacial score (nSPS) is 12.3. The number of hydrogen-bond acceptors (Lipinski definition) is 4. The smallest absolute Gasteiger partial charge is 0.247 e. The number of nitrogens with zero attached hydrogens (tertiary/aromatic N) is 1. The molecule has 0 spiro atoms. The van der Waals surface area contributed by atoms with Gasteiger partial charge in [0.15, 0.2) is 0 Å². The van der Waals surface area contributed by atoms with E-state index in [1.54, 1.807) is 37.3 Å². The molecule has 0 unspecified atom stereocenters. The number of benzene rings is 2. The Balaban J connectivity index is 2.32. The second-order valence-electron chi connectivity index (χ2n) is 6.22. The van der Waals surface area contributed by atoms with Crippen molar-refractivity contribution in [3.63, 3.8) is 0 Å². The lowest BCUT2D eigenvalue weighted by atomic mass is 10.1. The molecule has 0 bridgehead atoms. The fourth-order valence-corrected chi connectivity index (χ4v) is 3.79. The van der Waals surface area contributed by atoms with E-state index in [0.717, 1.165) is 21.7 Å². The first-order chi connectivity index (χ1) is 12.1. The number of ether oxygens (including phenoxy) is 1. The minimum atomic E-state index is -3.68. The number of hydrogen-bond donors (Lipinski definition) is 1. The van der Waals surface area contributed by atoms with Crippen molar-refractivity contribution in [2.45, 2.75) is 26.8 Å². The van der Waals surface area contributed by atoms with E-state index in [0.29, 0.717) is 17.1 Å². The van der Waals surface area contributed by atoms with Crippen LogP contribution in [-0.4, -0.2) is 33.7 Å². The molecule has 0 aliphatic carbocycles. The van der Waals surface area contributed by atoms with Crippen LogP contribution in [0.3, 0.4) is 0 Å². The Morgan fingerprint density at radius 3 is 2.38 bits per heavy atom. The standard InChI is InChI=1S/C19H24N2O4S/c1-13-9-10-16(11-14(13)2)20-19(22)15(3)21(26(5,23)24)17-7-6-8-18(12-17)25-4/h6-12,15H,1-5H3,(H,20,22)/t15-/m1/s1. The summed E-state index contributed by atoms with van der Waals surface area (Å²) in [5.74, 6) is 0.0967. The first-order valence-electron chi connectivity index (χ1n) is 8.15. The minimum absolute atomic E-state index is 0.370. The van der Waals surface area contributed by atoms with Crippen LogP contribution in [0.5, 0.6) is 5.75 Å². The SMILES string of the molecule is COc1cccc(N([C@H](C)C(=O)Nc2ccc(C)c(C)c2)S(C)(=O)=O)c1. The molecule has 1 N–H and O–H groups in total. The van der Waals surface area contributed by atoms with Gasteiger partial charge in [-0.2, -0.15) is 0 Å². The predicted octanol–water partition coefficient (Wildman–Crippen LogP) is 3.11. The molecule has 0 radical (unpaired) electrons. The Morgan fingerprint density at radius 2 is 1.81 bits per heavy atom. The van der Waals surface area contributed by atoms with Crippen LogP contribution >= 0.6 is 0 Å².